The van der Waals surface area contributed by atoms with E-state index in [1.165, 1.54) is 11.1 Å². The van der Waals surface area contributed by atoms with Crippen LogP contribution in [0.1, 0.15) is 24.0 Å². The zero-order valence-electron chi connectivity index (χ0n) is 13.2. The monoisotopic (exact) mass is 329 g/mol. The molecule has 1 aliphatic carbocycles. The van der Waals surface area contributed by atoms with Crippen molar-refractivity contribution in [2.45, 2.75) is 24.4 Å². The molecule has 2 nitrogen and oxygen atoms in total. The van der Waals surface area contributed by atoms with Crippen LogP contribution in [0.2, 0.25) is 0 Å². The first-order chi connectivity index (χ1) is 10.8. The molecule has 2 aromatic carbocycles. The molecule has 122 valence electrons. The van der Waals surface area contributed by atoms with E-state index >= 15 is 0 Å². The van der Waals surface area contributed by atoms with Gasteiger partial charge in [0.25, 0.3) is 0 Å². The van der Waals surface area contributed by atoms with E-state index in [1.807, 2.05) is 0 Å². The standard InChI is InChI=1S/C20H23NO.ClH/c22-19-11-12-20(15-7-3-1-4-8-15,16-9-5-2-6-10-16)18-14-21-13-17(18)19;/h1-10,17-19,21-22H,11-14H2;1H/t17-,18+,19-;/m0./s1. The van der Waals surface area contributed by atoms with E-state index in [1.54, 1.807) is 0 Å². The molecule has 3 heteroatoms. The Morgan fingerprint density at radius 3 is 2.00 bits per heavy atom. The third kappa shape index (κ3) is 2.59. The van der Waals surface area contributed by atoms with Crippen LogP contribution in [0.5, 0.6) is 0 Å². The Labute approximate surface area is 144 Å². The highest BCUT2D eigenvalue weighted by Crippen LogP contribution is 2.51. The average molecular weight is 330 g/mol. The van der Waals surface area contributed by atoms with Gasteiger partial charge in [-0.15, -0.1) is 12.4 Å². The minimum atomic E-state index is -0.166. The van der Waals surface area contributed by atoms with Gasteiger partial charge in [0, 0.05) is 17.9 Å². The lowest BCUT2D eigenvalue weighted by Crippen LogP contribution is -2.48. The summed E-state index contributed by atoms with van der Waals surface area (Å²) in [5.74, 6) is 0.815. The van der Waals surface area contributed by atoms with Gasteiger partial charge in [0.2, 0.25) is 0 Å². The molecule has 23 heavy (non-hydrogen) atoms. The van der Waals surface area contributed by atoms with Crippen molar-refractivity contribution in [2.24, 2.45) is 11.8 Å². The van der Waals surface area contributed by atoms with Crippen molar-refractivity contribution in [1.29, 1.82) is 0 Å². The summed E-state index contributed by atoms with van der Waals surface area (Å²) < 4.78 is 0. The lowest BCUT2D eigenvalue weighted by molar-refractivity contribution is 0.0238. The fourth-order valence-corrected chi connectivity index (χ4v) is 4.77. The molecule has 1 aliphatic heterocycles. The van der Waals surface area contributed by atoms with Gasteiger partial charge < -0.3 is 10.4 Å². The van der Waals surface area contributed by atoms with E-state index in [-0.39, 0.29) is 23.9 Å². The molecule has 0 unspecified atom stereocenters. The molecular formula is C20H24ClNO. The second-order valence-electron chi connectivity index (χ2n) is 6.74. The molecule has 4 rings (SSSR count). The molecule has 0 radical (unpaired) electrons. The number of hydrogen-bond acceptors (Lipinski definition) is 2. The molecule has 0 aromatic heterocycles. The van der Waals surface area contributed by atoms with Gasteiger partial charge in [-0.2, -0.15) is 0 Å². The summed E-state index contributed by atoms with van der Waals surface area (Å²) in [4.78, 5) is 0. The number of halogens is 1. The fourth-order valence-electron chi connectivity index (χ4n) is 4.77. The summed E-state index contributed by atoms with van der Waals surface area (Å²) in [5.41, 5.74) is 2.81. The highest BCUT2D eigenvalue weighted by atomic mass is 35.5. The van der Waals surface area contributed by atoms with Crippen LogP contribution in [-0.2, 0) is 5.41 Å². The van der Waals surface area contributed by atoms with E-state index in [0.29, 0.717) is 11.8 Å². The molecule has 2 fully saturated rings. The quantitative estimate of drug-likeness (QED) is 0.885. The molecule has 3 atom stereocenters. The van der Waals surface area contributed by atoms with Crippen LogP contribution in [0.15, 0.2) is 60.7 Å². The number of rotatable bonds is 2. The third-order valence-corrected chi connectivity index (χ3v) is 5.80. The fraction of sp³-hybridized carbons (Fsp3) is 0.400. The predicted molar refractivity (Wildman–Crippen MR) is 96.0 cm³/mol. The van der Waals surface area contributed by atoms with Crippen molar-refractivity contribution >= 4 is 12.4 Å². The van der Waals surface area contributed by atoms with E-state index in [9.17, 15) is 5.11 Å². The van der Waals surface area contributed by atoms with Crippen molar-refractivity contribution < 1.29 is 5.11 Å². The summed E-state index contributed by atoms with van der Waals surface area (Å²) in [6, 6.07) is 21.8. The Balaban J connectivity index is 0.00000156. The van der Waals surface area contributed by atoms with Crippen LogP contribution < -0.4 is 5.32 Å². The summed E-state index contributed by atoms with van der Waals surface area (Å²) in [5, 5.41) is 14.0. The molecular weight excluding hydrogens is 306 g/mol. The number of benzene rings is 2. The molecule has 1 heterocycles. The molecule has 0 bridgehead atoms. The smallest absolute Gasteiger partial charge is 0.0584 e. The van der Waals surface area contributed by atoms with Gasteiger partial charge in [-0.3, -0.25) is 0 Å². The van der Waals surface area contributed by atoms with Crippen molar-refractivity contribution in [3.05, 3.63) is 71.8 Å². The molecule has 2 aliphatic rings. The van der Waals surface area contributed by atoms with E-state index < -0.39 is 0 Å². The van der Waals surface area contributed by atoms with E-state index in [2.05, 4.69) is 66.0 Å². The van der Waals surface area contributed by atoms with Gasteiger partial charge in [-0.25, -0.2) is 0 Å². The Kier molecular flexibility index (Phi) is 4.77. The number of aliphatic hydroxyl groups excluding tert-OH is 1. The normalized spacial score (nSPS) is 28.7. The average Bonchev–Trinajstić information content (AvgIpc) is 3.08. The van der Waals surface area contributed by atoms with Gasteiger partial charge in [0.05, 0.1) is 6.10 Å². The Morgan fingerprint density at radius 1 is 0.870 bits per heavy atom. The summed E-state index contributed by atoms with van der Waals surface area (Å²) >= 11 is 0. The van der Waals surface area contributed by atoms with Crippen LogP contribution in [0.4, 0.5) is 0 Å². The van der Waals surface area contributed by atoms with Gasteiger partial charge in [0.1, 0.15) is 0 Å². The van der Waals surface area contributed by atoms with Gasteiger partial charge in [0.15, 0.2) is 0 Å². The van der Waals surface area contributed by atoms with Gasteiger partial charge in [-0.1, -0.05) is 60.7 Å². The number of fused-ring (bicyclic) bond motifs is 1. The third-order valence-electron chi connectivity index (χ3n) is 5.80. The first-order valence-corrected chi connectivity index (χ1v) is 8.32. The highest BCUT2D eigenvalue weighted by Gasteiger charge is 2.52. The Bertz CT molecular complexity index is 591. The van der Waals surface area contributed by atoms with Crippen LogP contribution in [0.25, 0.3) is 0 Å². The minimum Gasteiger partial charge on any atom is -0.393 e. The van der Waals surface area contributed by atoms with Gasteiger partial charge in [-0.05, 0) is 36.4 Å². The summed E-state index contributed by atoms with van der Waals surface area (Å²) in [6.07, 6.45) is 1.73. The second-order valence-corrected chi connectivity index (χ2v) is 6.74. The maximum atomic E-state index is 10.5. The molecule has 1 saturated heterocycles. The molecule has 2 N–H and O–H groups in total. The maximum absolute atomic E-state index is 10.5. The van der Waals surface area contributed by atoms with Crippen LogP contribution in [0, 0.1) is 11.8 Å². The first kappa shape index (κ1) is 16.5. The largest absolute Gasteiger partial charge is 0.393 e. The lowest BCUT2D eigenvalue weighted by Gasteiger charge is -2.48. The summed E-state index contributed by atoms with van der Waals surface area (Å²) in [7, 11) is 0. The zero-order chi connectivity index (χ0) is 15.0. The Morgan fingerprint density at radius 2 is 1.43 bits per heavy atom. The van der Waals surface area contributed by atoms with Crippen molar-refractivity contribution in [2.75, 3.05) is 13.1 Å². The molecule has 2 aromatic rings. The highest BCUT2D eigenvalue weighted by molar-refractivity contribution is 5.85. The molecule has 0 spiro atoms. The molecule has 0 amide bonds. The zero-order valence-corrected chi connectivity index (χ0v) is 14.0. The Hall–Kier alpha value is -1.35. The first-order valence-electron chi connectivity index (χ1n) is 8.32. The van der Waals surface area contributed by atoms with Crippen molar-refractivity contribution in [3.8, 4) is 0 Å². The predicted octanol–water partition coefficient (Wildman–Crippen LogP) is 3.38. The van der Waals surface area contributed by atoms with Crippen LogP contribution >= 0.6 is 12.4 Å². The minimum absolute atomic E-state index is 0. The number of hydrogen-bond donors (Lipinski definition) is 2. The van der Waals surface area contributed by atoms with Crippen LogP contribution in [-0.4, -0.2) is 24.3 Å². The van der Waals surface area contributed by atoms with Crippen LogP contribution in [0.3, 0.4) is 0 Å². The van der Waals surface area contributed by atoms with E-state index in [0.717, 1.165) is 25.9 Å². The van der Waals surface area contributed by atoms with Crippen molar-refractivity contribution in [3.63, 3.8) is 0 Å². The number of aliphatic hydroxyl groups is 1. The molecule has 1 saturated carbocycles. The summed E-state index contributed by atoms with van der Waals surface area (Å²) in [6.45, 7) is 1.93. The van der Waals surface area contributed by atoms with E-state index in [4.69, 9.17) is 0 Å². The second kappa shape index (κ2) is 6.64. The lowest BCUT2D eigenvalue weighted by atomic mass is 9.56. The van der Waals surface area contributed by atoms with Gasteiger partial charge >= 0.3 is 0 Å². The van der Waals surface area contributed by atoms with Crippen molar-refractivity contribution in [1.82, 2.24) is 5.32 Å². The topological polar surface area (TPSA) is 32.3 Å². The maximum Gasteiger partial charge on any atom is 0.0584 e. The number of nitrogens with one attached hydrogen (secondary N) is 1. The SMILES string of the molecule is Cl.O[C@H]1CCC(c2ccccc2)(c2ccccc2)[C@@H]2CNC[C@@H]21.